The third-order valence-electron chi connectivity index (χ3n) is 4.19. The van der Waals surface area contributed by atoms with E-state index in [1.165, 1.54) is 18.2 Å². The van der Waals surface area contributed by atoms with Crippen LogP contribution in [-0.2, 0) is 4.74 Å². The quantitative estimate of drug-likeness (QED) is 0.419. The Morgan fingerprint density at radius 3 is 2.08 bits per heavy atom. The van der Waals surface area contributed by atoms with Crippen LogP contribution < -0.4 is 0 Å². The van der Waals surface area contributed by atoms with Gasteiger partial charge in [0.1, 0.15) is 0 Å². The van der Waals surface area contributed by atoms with Crippen molar-refractivity contribution in [2.75, 3.05) is 0 Å². The number of esters is 2. The van der Waals surface area contributed by atoms with E-state index in [4.69, 9.17) is 0 Å². The van der Waals surface area contributed by atoms with Gasteiger partial charge in [-0.25, -0.2) is 19.2 Å². The summed E-state index contributed by atoms with van der Waals surface area (Å²) in [5, 5.41) is 20.1. The standard InChI is InChI=1S/C18H8O7/c19-15(20)13-9-4-2-1-3-8(9)10-5-7-6-11(18(24)25-17(7)23)12(10)14(13)16(21)22/h1-6H,(H,19,20)(H,21,22). The predicted molar refractivity (Wildman–Crippen MR) is 85.1 cm³/mol. The fraction of sp³-hybridized carbons (Fsp3) is 0. The van der Waals surface area contributed by atoms with Crippen molar-refractivity contribution in [1.29, 1.82) is 0 Å². The first-order chi connectivity index (χ1) is 11.9. The highest BCUT2D eigenvalue weighted by atomic mass is 16.6. The van der Waals surface area contributed by atoms with Crippen molar-refractivity contribution in [1.82, 2.24) is 0 Å². The van der Waals surface area contributed by atoms with Gasteiger partial charge in [-0.05, 0) is 28.3 Å². The second kappa shape index (κ2) is 4.88. The first-order valence-electron chi connectivity index (χ1n) is 7.15. The number of hydrogen-bond donors (Lipinski definition) is 2. The van der Waals surface area contributed by atoms with E-state index < -0.39 is 35.0 Å². The monoisotopic (exact) mass is 336 g/mol. The molecule has 7 heteroatoms. The molecule has 4 rings (SSSR count). The third-order valence-corrected chi connectivity index (χ3v) is 4.19. The van der Waals surface area contributed by atoms with Gasteiger partial charge in [0.15, 0.2) is 0 Å². The molecule has 0 saturated carbocycles. The van der Waals surface area contributed by atoms with Gasteiger partial charge in [0.05, 0.1) is 22.3 Å². The number of fused-ring (bicyclic) bond motifs is 6. The van der Waals surface area contributed by atoms with Crippen LogP contribution in [0.25, 0.3) is 21.5 Å². The van der Waals surface area contributed by atoms with E-state index in [1.807, 2.05) is 0 Å². The maximum Gasteiger partial charge on any atom is 0.346 e. The zero-order chi connectivity index (χ0) is 17.9. The number of carbonyl (C=O) groups excluding carboxylic acids is 2. The molecular formula is C18H8O7. The zero-order valence-electron chi connectivity index (χ0n) is 12.4. The van der Waals surface area contributed by atoms with E-state index in [1.54, 1.807) is 18.2 Å². The summed E-state index contributed by atoms with van der Waals surface area (Å²) in [5.74, 6) is -4.74. The van der Waals surface area contributed by atoms with Crippen LogP contribution in [0.3, 0.4) is 0 Å². The highest BCUT2D eigenvalue weighted by Crippen LogP contribution is 2.37. The summed E-state index contributed by atoms with van der Waals surface area (Å²) < 4.78 is 4.60. The molecular weight excluding hydrogens is 328 g/mol. The Kier molecular flexibility index (Phi) is 2.89. The number of cyclic esters (lactones) is 2. The lowest BCUT2D eigenvalue weighted by atomic mass is 9.87. The van der Waals surface area contributed by atoms with Crippen molar-refractivity contribution in [3.8, 4) is 0 Å². The Morgan fingerprint density at radius 2 is 1.44 bits per heavy atom. The van der Waals surface area contributed by atoms with Crippen LogP contribution in [0, 0.1) is 0 Å². The van der Waals surface area contributed by atoms with Gasteiger partial charge in [-0.1, -0.05) is 24.3 Å². The summed E-state index contributed by atoms with van der Waals surface area (Å²) >= 11 is 0. The second-order valence-electron chi connectivity index (χ2n) is 5.53. The van der Waals surface area contributed by atoms with Crippen molar-refractivity contribution in [2.45, 2.75) is 0 Å². The van der Waals surface area contributed by atoms with Crippen molar-refractivity contribution >= 4 is 45.4 Å². The second-order valence-corrected chi connectivity index (χ2v) is 5.53. The highest BCUT2D eigenvalue weighted by Gasteiger charge is 2.32. The lowest BCUT2D eigenvalue weighted by molar-refractivity contribution is 0.0386. The van der Waals surface area contributed by atoms with E-state index >= 15 is 0 Å². The predicted octanol–water partition coefficient (Wildman–Crippen LogP) is 2.70. The number of carboxylic acids is 2. The van der Waals surface area contributed by atoms with Gasteiger partial charge in [-0.2, -0.15) is 0 Å². The van der Waals surface area contributed by atoms with Gasteiger partial charge in [0, 0.05) is 5.39 Å². The maximum atomic E-state index is 12.1. The maximum absolute atomic E-state index is 12.1. The van der Waals surface area contributed by atoms with Crippen LogP contribution in [-0.4, -0.2) is 34.1 Å². The fourth-order valence-corrected chi connectivity index (χ4v) is 3.23. The molecule has 1 heterocycles. The van der Waals surface area contributed by atoms with Gasteiger partial charge >= 0.3 is 23.9 Å². The third kappa shape index (κ3) is 1.92. The van der Waals surface area contributed by atoms with Gasteiger partial charge in [-0.15, -0.1) is 0 Å². The Morgan fingerprint density at radius 1 is 0.800 bits per heavy atom. The molecule has 0 amide bonds. The van der Waals surface area contributed by atoms with Crippen LogP contribution in [0.1, 0.15) is 41.4 Å². The Labute approximate surface area is 139 Å². The minimum absolute atomic E-state index is 0.0511. The number of ether oxygens (including phenoxy) is 1. The van der Waals surface area contributed by atoms with E-state index in [2.05, 4.69) is 4.74 Å². The topological polar surface area (TPSA) is 118 Å². The number of carboxylic acid groups (broad SMARTS) is 2. The molecule has 2 bridgehead atoms. The van der Waals surface area contributed by atoms with E-state index in [0.717, 1.165) is 0 Å². The summed E-state index contributed by atoms with van der Waals surface area (Å²) in [6.07, 6.45) is 0. The first kappa shape index (κ1) is 14.8. The molecule has 0 saturated heterocycles. The minimum Gasteiger partial charge on any atom is -0.478 e. The molecule has 0 radical (unpaired) electrons. The SMILES string of the molecule is O=C1OC(=O)c2cc1cc1c2c(C(=O)O)c(C(=O)O)c2ccccc21. The van der Waals surface area contributed by atoms with Gasteiger partial charge < -0.3 is 14.9 Å². The van der Waals surface area contributed by atoms with Crippen molar-refractivity contribution in [3.63, 3.8) is 0 Å². The van der Waals surface area contributed by atoms with Crippen molar-refractivity contribution in [2.24, 2.45) is 0 Å². The van der Waals surface area contributed by atoms with E-state index in [9.17, 15) is 29.4 Å². The average Bonchev–Trinajstić information content (AvgIpc) is 2.57. The number of rotatable bonds is 2. The van der Waals surface area contributed by atoms with Gasteiger partial charge in [0.25, 0.3) is 0 Å². The molecule has 0 aliphatic carbocycles. The lowest BCUT2D eigenvalue weighted by Crippen LogP contribution is -2.21. The molecule has 0 atom stereocenters. The highest BCUT2D eigenvalue weighted by molar-refractivity contribution is 6.29. The molecule has 3 aromatic rings. The molecule has 0 aromatic heterocycles. The summed E-state index contributed by atoms with van der Waals surface area (Å²) in [6, 6.07) is 8.98. The molecule has 0 fully saturated rings. The Bertz CT molecular complexity index is 1160. The molecule has 1 aliphatic rings. The first-order valence-corrected chi connectivity index (χ1v) is 7.15. The van der Waals surface area contributed by atoms with Crippen LogP contribution in [0.5, 0.6) is 0 Å². The largest absolute Gasteiger partial charge is 0.478 e. The normalized spacial score (nSPS) is 13.1. The summed E-state index contributed by atoms with van der Waals surface area (Å²) in [6.45, 7) is 0. The smallest absolute Gasteiger partial charge is 0.346 e. The molecule has 0 spiro atoms. The summed E-state index contributed by atoms with van der Waals surface area (Å²) in [4.78, 5) is 47.5. The Hall–Kier alpha value is -3.74. The van der Waals surface area contributed by atoms with Crippen LogP contribution in [0.4, 0.5) is 0 Å². The van der Waals surface area contributed by atoms with Crippen molar-refractivity contribution in [3.05, 3.63) is 58.7 Å². The summed E-state index contributed by atoms with van der Waals surface area (Å²) in [5.41, 5.74) is -0.956. The fourth-order valence-electron chi connectivity index (χ4n) is 3.23. The molecule has 0 unspecified atom stereocenters. The van der Waals surface area contributed by atoms with Crippen LogP contribution in [0.2, 0.25) is 0 Å². The lowest BCUT2D eigenvalue weighted by Gasteiger charge is -2.18. The summed E-state index contributed by atoms with van der Waals surface area (Å²) in [7, 11) is 0. The van der Waals surface area contributed by atoms with E-state index in [-0.39, 0.29) is 21.9 Å². The molecule has 122 valence electrons. The van der Waals surface area contributed by atoms with Crippen LogP contribution >= 0.6 is 0 Å². The Balaban J connectivity index is 2.39. The zero-order valence-corrected chi connectivity index (χ0v) is 12.4. The molecule has 2 N–H and O–H groups in total. The van der Waals surface area contributed by atoms with E-state index in [0.29, 0.717) is 10.8 Å². The molecule has 1 aliphatic heterocycles. The molecule has 3 aromatic carbocycles. The molecule has 25 heavy (non-hydrogen) atoms. The van der Waals surface area contributed by atoms with Gasteiger partial charge in [0.2, 0.25) is 0 Å². The minimum atomic E-state index is -1.48. The van der Waals surface area contributed by atoms with Crippen molar-refractivity contribution < 1.29 is 34.1 Å². The molecule has 7 nitrogen and oxygen atoms in total. The number of benzene rings is 3. The number of carbonyl (C=O) groups is 4. The van der Waals surface area contributed by atoms with Gasteiger partial charge in [-0.3, -0.25) is 0 Å². The number of hydrogen-bond acceptors (Lipinski definition) is 5. The van der Waals surface area contributed by atoms with Crippen LogP contribution in [0.15, 0.2) is 36.4 Å². The number of aromatic carboxylic acids is 2. The average molecular weight is 336 g/mol.